The highest BCUT2D eigenvalue weighted by atomic mass is 32.2. The van der Waals surface area contributed by atoms with E-state index in [2.05, 4.69) is 9.46 Å². The molecule has 0 fully saturated rings. The lowest BCUT2D eigenvalue weighted by Crippen LogP contribution is -2.31. The summed E-state index contributed by atoms with van der Waals surface area (Å²) in [6.07, 6.45) is 0. The van der Waals surface area contributed by atoms with Crippen LogP contribution < -0.4 is 4.72 Å². The minimum Gasteiger partial charge on any atom is -0.468 e. The van der Waals surface area contributed by atoms with Crippen molar-refractivity contribution >= 4 is 16.0 Å². The van der Waals surface area contributed by atoms with Gasteiger partial charge in [-0.2, -0.15) is 4.72 Å². The van der Waals surface area contributed by atoms with Gasteiger partial charge in [-0.25, -0.2) is 8.42 Å². The number of ether oxygens (including phenoxy) is 1. The second kappa shape index (κ2) is 5.49. The van der Waals surface area contributed by atoms with Gasteiger partial charge in [0.05, 0.1) is 12.0 Å². The maximum Gasteiger partial charge on any atom is 0.320 e. The first-order chi connectivity index (χ1) is 8.27. The SMILES string of the molecule is COC(=O)CNS(=O)(=O)c1c(C)cc(C)cc1C. The zero-order chi connectivity index (χ0) is 13.9. The van der Waals surface area contributed by atoms with E-state index < -0.39 is 16.0 Å². The molecule has 0 aliphatic carbocycles. The lowest BCUT2D eigenvalue weighted by atomic mass is 10.1. The third kappa shape index (κ3) is 3.30. The molecule has 0 amide bonds. The summed E-state index contributed by atoms with van der Waals surface area (Å²) >= 11 is 0. The Bertz CT molecular complexity index is 540. The van der Waals surface area contributed by atoms with Crippen molar-refractivity contribution in [2.24, 2.45) is 0 Å². The van der Waals surface area contributed by atoms with Gasteiger partial charge in [0.1, 0.15) is 6.54 Å². The van der Waals surface area contributed by atoms with Crippen molar-refractivity contribution in [1.29, 1.82) is 0 Å². The lowest BCUT2D eigenvalue weighted by molar-refractivity contribution is -0.139. The molecule has 0 aliphatic rings. The molecule has 100 valence electrons. The predicted octanol–water partition coefficient (Wildman–Crippen LogP) is 1.06. The summed E-state index contributed by atoms with van der Waals surface area (Å²) in [4.78, 5) is 11.2. The number of aryl methyl sites for hydroxylation is 3. The van der Waals surface area contributed by atoms with Crippen molar-refractivity contribution in [1.82, 2.24) is 4.72 Å². The largest absolute Gasteiger partial charge is 0.468 e. The molecule has 0 unspecified atom stereocenters. The van der Waals surface area contributed by atoms with Crippen molar-refractivity contribution in [3.8, 4) is 0 Å². The first kappa shape index (κ1) is 14.7. The van der Waals surface area contributed by atoms with E-state index in [0.717, 1.165) is 5.56 Å². The van der Waals surface area contributed by atoms with Crippen molar-refractivity contribution in [3.63, 3.8) is 0 Å². The van der Waals surface area contributed by atoms with Crippen LogP contribution in [0.2, 0.25) is 0 Å². The summed E-state index contributed by atoms with van der Waals surface area (Å²) in [5.41, 5.74) is 2.31. The van der Waals surface area contributed by atoms with E-state index in [1.807, 2.05) is 6.92 Å². The maximum atomic E-state index is 12.1. The number of hydrogen-bond donors (Lipinski definition) is 1. The summed E-state index contributed by atoms with van der Waals surface area (Å²) in [5, 5.41) is 0. The van der Waals surface area contributed by atoms with Crippen LogP contribution in [0.15, 0.2) is 17.0 Å². The second-order valence-electron chi connectivity index (χ2n) is 4.13. The van der Waals surface area contributed by atoms with Crippen LogP contribution in [0, 0.1) is 20.8 Å². The molecule has 0 heterocycles. The quantitative estimate of drug-likeness (QED) is 0.831. The Balaban J connectivity index is 3.10. The molecule has 0 saturated carbocycles. The van der Waals surface area contributed by atoms with Gasteiger partial charge in [-0.05, 0) is 31.9 Å². The zero-order valence-corrected chi connectivity index (χ0v) is 11.7. The minimum atomic E-state index is -3.69. The van der Waals surface area contributed by atoms with E-state index in [1.165, 1.54) is 7.11 Å². The van der Waals surface area contributed by atoms with Gasteiger partial charge in [-0.15, -0.1) is 0 Å². The fourth-order valence-corrected chi connectivity index (χ4v) is 3.31. The number of sulfonamides is 1. The highest BCUT2D eigenvalue weighted by molar-refractivity contribution is 7.89. The zero-order valence-electron chi connectivity index (χ0n) is 10.9. The molecular weight excluding hydrogens is 254 g/mol. The number of rotatable bonds is 4. The summed E-state index contributed by atoms with van der Waals surface area (Å²) in [5.74, 6) is -0.624. The fraction of sp³-hybridized carbons (Fsp3) is 0.417. The number of carbonyl (C=O) groups is 1. The van der Waals surface area contributed by atoms with E-state index in [1.54, 1.807) is 26.0 Å². The summed E-state index contributed by atoms with van der Waals surface area (Å²) in [6, 6.07) is 3.58. The topological polar surface area (TPSA) is 72.5 Å². The maximum absolute atomic E-state index is 12.1. The first-order valence-electron chi connectivity index (χ1n) is 5.42. The van der Waals surface area contributed by atoms with Crippen molar-refractivity contribution in [2.45, 2.75) is 25.7 Å². The third-order valence-corrected chi connectivity index (χ3v) is 4.21. The number of esters is 1. The Labute approximate surface area is 107 Å². The minimum absolute atomic E-state index is 0.219. The average Bonchev–Trinajstić information content (AvgIpc) is 2.24. The Morgan fingerprint density at radius 2 is 1.72 bits per heavy atom. The van der Waals surface area contributed by atoms with Crippen LogP contribution in [0.25, 0.3) is 0 Å². The van der Waals surface area contributed by atoms with Crippen LogP contribution in [0.5, 0.6) is 0 Å². The van der Waals surface area contributed by atoms with Gasteiger partial charge >= 0.3 is 5.97 Å². The molecule has 0 aromatic heterocycles. The molecule has 0 atom stereocenters. The van der Waals surface area contributed by atoms with Crippen molar-refractivity contribution < 1.29 is 17.9 Å². The van der Waals surface area contributed by atoms with Gasteiger partial charge in [0.2, 0.25) is 10.0 Å². The fourth-order valence-electron chi connectivity index (χ4n) is 1.89. The molecule has 5 nitrogen and oxygen atoms in total. The average molecular weight is 271 g/mol. The smallest absolute Gasteiger partial charge is 0.320 e. The molecule has 1 aromatic rings. The Kier molecular flexibility index (Phi) is 4.48. The molecule has 1 aromatic carbocycles. The Morgan fingerprint density at radius 1 is 1.22 bits per heavy atom. The van der Waals surface area contributed by atoms with Gasteiger partial charge in [0, 0.05) is 0 Å². The lowest BCUT2D eigenvalue weighted by Gasteiger charge is -2.12. The molecular formula is C12H17NO4S. The Morgan fingerprint density at radius 3 is 2.17 bits per heavy atom. The molecule has 1 rings (SSSR count). The van der Waals surface area contributed by atoms with E-state index >= 15 is 0 Å². The predicted molar refractivity (Wildman–Crippen MR) is 67.9 cm³/mol. The highest BCUT2D eigenvalue weighted by Gasteiger charge is 2.20. The second-order valence-corrected chi connectivity index (χ2v) is 5.83. The summed E-state index contributed by atoms with van der Waals surface area (Å²) < 4.78 is 30.8. The number of carbonyl (C=O) groups excluding carboxylic acids is 1. The number of hydrogen-bond acceptors (Lipinski definition) is 4. The standard InChI is InChI=1S/C12H17NO4S/c1-8-5-9(2)12(10(3)6-8)18(15,16)13-7-11(14)17-4/h5-6,13H,7H2,1-4H3. The van der Waals surface area contributed by atoms with Crippen LogP contribution in [0.1, 0.15) is 16.7 Å². The van der Waals surface area contributed by atoms with Gasteiger partial charge in [-0.3, -0.25) is 4.79 Å². The van der Waals surface area contributed by atoms with Crippen LogP contribution in [-0.2, 0) is 19.6 Å². The molecule has 18 heavy (non-hydrogen) atoms. The van der Waals surface area contributed by atoms with Gasteiger partial charge < -0.3 is 4.74 Å². The molecule has 0 saturated heterocycles. The van der Waals surface area contributed by atoms with Gasteiger partial charge in [0.15, 0.2) is 0 Å². The summed E-state index contributed by atoms with van der Waals surface area (Å²) in [6.45, 7) is 4.99. The normalized spacial score (nSPS) is 11.3. The number of benzene rings is 1. The van der Waals surface area contributed by atoms with E-state index in [9.17, 15) is 13.2 Å². The first-order valence-corrected chi connectivity index (χ1v) is 6.90. The molecule has 6 heteroatoms. The third-order valence-electron chi connectivity index (χ3n) is 2.51. The molecule has 0 bridgehead atoms. The van der Waals surface area contributed by atoms with E-state index in [-0.39, 0.29) is 11.4 Å². The van der Waals surface area contributed by atoms with E-state index in [0.29, 0.717) is 11.1 Å². The monoisotopic (exact) mass is 271 g/mol. The van der Waals surface area contributed by atoms with Crippen LogP contribution >= 0.6 is 0 Å². The van der Waals surface area contributed by atoms with E-state index in [4.69, 9.17) is 0 Å². The molecule has 1 N–H and O–H groups in total. The number of methoxy groups -OCH3 is 1. The van der Waals surface area contributed by atoms with Crippen LogP contribution in [-0.4, -0.2) is 28.0 Å². The number of nitrogens with one attached hydrogen (secondary N) is 1. The van der Waals surface area contributed by atoms with Crippen LogP contribution in [0.4, 0.5) is 0 Å². The van der Waals surface area contributed by atoms with Crippen LogP contribution in [0.3, 0.4) is 0 Å². The Hall–Kier alpha value is -1.40. The molecule has 0 aliphatic heterocycles. The van der Waals surface area contributed by atoms with Gasteiger partial charge in [0.25, 0.3) is 0 Å². The summed E-state index contributed by atoms with van der Waals surface area (Å²) in [7, 11) is -2.49. The van der Waals surface area contributed by atoms with Gasteiger partial charge in [-0.1, -0.05) is 17.7 Å². The molecule has 0 radical (unpaired) electrons. The van der Waals surface area contributed by atoms with Crippen molar-refractivity contribution in [2.75, 3.05) is 13.7 Å². The van der Waals surface area contributed by atoms with Crippen molar-refractivity contribution in [3.05, 3.63) is 28.8 Å². The molecule has 0 spiro atoms. The highest BCUT2D eigenvalue weighted by Crippen LogP contribution is 2.21.